The molecule has 3 atom stereocenters. The molecule has 2 fully saturated rings. The zero-order valence-electron chi connectivity index (χ0n) is 15.2. The van der Waals surface area contributed by atoms with Gasteiger partial charge in [0.25, 0.3) is 0 Å². The van der Waals surface area contributed by atoms with Crippen molar-refractivity contribution in [2.24, 2.45) is 5.41 Å². The molecule has 2 heterocycles. The lowest BCUT2D eigenvalue weighted by Gasteiger charge is -2.29. The highest BCUT2D eigenvalue weighted by Crippen LogP contribution is 2.59. The number of aromatic nitrogens is 1. The topological polar surface area (TPSA) is 71.5 Å². The number of hydrogen-bond acceptors (Lipinski definition) is 4. The fourth-order valence-electron chi connectivity index (χ4n) is 3.41. The Kier molecular flexibility index (Phi) is 4.22. The molecule has 25 heavy (non-hydrogen) atoms. The molecule has 136 valence electrons. The molecule has 2 aliphatic rings. The number of nitrogens with zero attached hydrogens (tertiary/aromatic N) is 2. The monoisotopic (exact) mass is 365 g/mol. The fourth-order valence-corrected chi connectivity index (χ4v) is 3.56. The summed E-state index contributed by atoms with van der Waals surface area (Å²) in [5.74, 6) is 0.171. The fraction of sp³-hybridized carbons (Fsp3) is 0.611. The minimum atomic E-state index is -0.600. The number of carbonyl (C=O) groups is 2. The van der Waals surface area contributed by atoms with Gasteiger partial charge < -0.3 is 10.1 Å². The summed E-state index contributed by atoms with van der Waals surface area (Å²) in [6, 6.07) is 2.97. The van der Waals surface area contributed by atoms with Crippen LogP contribution in [-0.2, 0) is 9.53 Å². The van der Waals surface area contributed by atoms with Gasteiger partial charge in [-0.05, 0) is 57.6 Å². The molecule has 0 bridgehead atoms. The molecule has 7 heteroatoms. The molecular formula is C18H24ClN3O3. The van der Waals surface area contributed by atoms with E-state index in [0.717, 1.165) is 12.0 Å². The maximum absolute atomic E-state index is 12.8. The van der Waals surface area contributed by atoms with Crippen LogP contribution in [0.25, 0.3) is 0 Å². The van der Waals surface area contributed by atoms with E-state index in [9.17, 15) is 9.59 Å². The molecule has 3 rings (SSSR count). The van der Waals surface area contributed by atoms with Gasteiger partial charge in [0.05, 0.1) is 0 Å². The third kappa shape index (κ3) is 3.59. The van der Waals surface area contributed by atoms with Crippen molar-refractivity contribution in [1.29, 1.82) is 0 Å². The van der Waals surface area contributed by atoms with Crippen LogP contribution in [0.1, 0.15) is 46.1 Å². The van der Waals surface area contributed by atoms with Crippen molar-refractivity contribution in [2.45, 2.75) is 65.1 Å². The van der Waals surface area contributed by atoms with Crippen molar-refractivity contribution in [1.82, 2.24) is 9.88 Å². The summed E-state index contributed by atoms with van der Waals surface area (Å²) < 4.78 is 5.51. The van der Waals surface area contributed by atoms with Crippen LogP contribution in [0.2, 0.25) is 5.15 Å². The smallest absolute Gasteiger partial charge is 0.411 e. The van der Waals surface area contributed by atoms with Crippen LogP contribution in [0.5, 0.6) is 0 Å². The first-order valence-electron chi connectivity index (χ1n) is 8.45. The van der Waals surface area contributed by atoms with E-state index < -0.39 is 17.7 Å². The predicted octanol–water partition coefficient (Wildman–Crippen LogP) is 3.77. The molecule has 0 spiro atoms. The molecule has 0 radical (unpaired) electrons. The minimum Gasteiger partial charge on any atom is -0.444 e. The Bertz CT molecular complexity index is 731. The number of piperidine rings is 1. The van der Waals surface area contributed by atoms with Crippen molar-refractivity contribution >= 4 is 29.4 Å². The Hall–Kier alpha value is -1.82. The van der Waals surface area contributed by atoms with E-state index in [4.69, 9.17) is 16.3 Å². The number of halogens is 1. The van der Waals surface area contributed by atoms with Crippen LogP contribution >= 0.6 is 11.6 Å². The number of ether oxygens (including phenoxy) is 1. The van der Waals surface area contributed by atoms with Crippen LogP contribution in [0.15, 0.2) is 12.1 Å². The van der Waals surface area contributed by atoms with Gasteiger partial charge in [0.1, 0.15) is 22.6 Å². The van der Waals surface area contributed by atoms with E-state index >= 15 is 0 Å². The number of aryl methyl sites for hydroxylation is 1. The molecule has 0 aromatic carbocycles. The zero-order chi connectivity index (χ0) is 18.6. The number of fused-ring (bicyclic) bond motifs is 1. The second kappa shape index (κ2) is 5.87. The lowest BCUT2D eigenvalue weighted by molar-refractivity contribution is -0.121. The van der Waals surface area contributed by atoms with Crippen molar-refractivity contribution in [3.8, 4) is 0 Å². The Morgan fingerprint density at radius 3 is 2.68 bits per heavy atom. The summed E-state index contributed by atoms with van der Waals surface area (Å²) >= 11 is 5.92. The van der Waals surface area contributed by atoms with Gasteiger partial charge in [-0.25, -0.2) is 9.78 Å². The van der Waals surface area contributed by atoms with Crippen LogP contribution in [0, 0.1) is 12.3 Å². The number of likely N-dealkylation sites (tertiary alicyclic amines) is 1. The summed E-state index contributed by atoms with van der Waals surface area (Å²) in [7, 11) is 0. The summed E-state index contributed by atoms with van der Waals surface area (Å²) in [4.78, 5) is 31.2. The van der Waals surface area contributed by atoms with Gasteiger partial charge in [0, 0.05) is 6.04 Å². The first-order chi connectivity index (χ1) is 11.5. The lowest BCUT2D eigenvalue weighted by Crippen LogP contribution is -2.47. The quantitative estimate of drug-likeness (QED) is 0.810. The highest BCUT2D eigenvalue weighted by atomic mass is 35.5. The number of pyridine rings is 1. The van der Waals surface area contributed by atoms with Crippen LogP contribution in [0.4, 0.5) is 10.6 Å². The first-order valence-corrected chi connectivity index (χ1v) is 8.83. The van der Waals surface area contributed by atoms with E-state index in [1.807, 2.05) is 27.7 Å². The Morgan fingerprint density at radius 1 is 1.36 bits per heavy atom. The van der Waals surface area contributed by atoms with Gasteiger partial charge in [-0.3, -0.25) is 9.69 Å². The number of amides is 2. The molecule has 1 aliphatic heterocycles. The number of rotatable bonds is 2. The number of nitrogens with one attached hydrogen (secondary N) is 1. The SMILES string of the molecule is Cc1ccc(Cl)nc1NC(=O)[C@@H]1C[C@@]2(C)C[C@H]2N1C(=O)OC(C)(C)C. The van der Waals surface area contributed by atoms with Crippen molar-refractivity contribution < 1.29 is 14.3 Å². The third-order valence-corrected chi connectivity index (χ3v) is 5.06. The third-order valence-electron chi connectivity index (χ3n) is 4.85. The van der Waals surface area contributed by atoms with Crippen LogP contribution in [-0.4, -0.2) is 39.6 Å². The molecule has 1 saturated carbocycles. The van der Waals surface area contributed by atoms with Crippen molar-refractivity contribution in [3.05, 3.63) is 22.8 Å². The highest BCUT2D eigenvalue weighted by molar-refractivity contribution is 6.29. The summed E-state index contributed by atoms with van der Waals surface area (Å²) in [5, 5.41) is 3.13. The standard InChI is InChI=1S/C18H24ClN3O3/c1-10-6-7-13(19)20-14(10)21-15(23)11-8-18(5)9-12(18)22(11)16(24)25-17(2,3)4/h6-7,11-12H,8-9H2,1-5H3,(H,20,21,23)/t11-,12+,18-/m0/s1. The van der Waals surface area contributed by atoms with Crippen LogP contribution < -0.4 is 5.32 Å². The summed E-state index contributed by atoms with van der Waals surface area (Å²) in [6.45, 7) is 9.41. The molecule has 6 nitrogen and oxygen atoms in total. The number of hydrogen-bond donors (Lipinski definition) is 1. The van der Waals surface area contributed by atoms with E-state index in [2.05, 4.69) is 17.2 Å². The summed E-state index contributed by atoms with van der Waals surface area (Å²) in [6.07, 6.45) is 1.10. The van der Waals surface area contributed by atoms with Crippen molar-refractivity contribution in [3.63, 3.8) is 0 Å². The van der Waals surface area contributed by atoms with E-state index in [1.165, 1.54) is 0 Å². The molecule has 1 saturated heterocycles. The minimum absolute atomic E-state index is 0.00425. The van der Waals surface area contributed by atoms with Gasteiger partial charge in [0.2, 0.25) is 5.91 Å². The maximum Gasteiger partial charge on any atom is 0.411 e. The predicted molar refractivity (Wildman–Crippen MR) is 95.6 cm³/mol. The molecule has 1 aliphatic carbocycles. The first kappa shape index (κ1) is 18.0. The second-order valence-corrected chi connectivity index (χ2v) is 8.66. The lowest BCUT2D eigenvalue weighted by atomic mass is 10.0. The molecule has 1 N–H and O–H groups in total. The average molecular weight is 366 g/mol. The van der Waals surface area contributed by atoms with E-state index in [0.29, 0.717) is 17.4 Å². The van der Waals surface area contributed by atoms with Gasteiger partial charge in [-0.15, -0.1) is 0 Å². The van der Waals surface area contributed by atoms with Gasteiger partial charge >= 0.3 is 6.09 Å². The maximum atomic E-state index is 12.8. The zero-order valence-corrected chi connectivity index (χ0v) is 16.0. The molecule has 0 unspecified atom stereocenters. The van der Waals surface area contributed by atoms with Crippen molar-refractivity contribution in [2.75, 3.05) is 5.32 Å². The van der Waals surface area contributed by atoms with Gasteiger partial charge in [0.15, 0.2) is 0 Å². The highest BCUT2D eigenvalue weighted by Gasteiger charge is 2.65. The second-order valence-electron chi connectivity index (χ2n) is 8.27. The molecular weight excluding hydrogens is 342 g/mol. The number of carbonyl (C=O) groups excluding carboxylic acids is 2. The number of anilines is 1. The van der Waals surface area contributed by atoms with E-state index in [1.54, 1.807) is 17.0 Å². The Labute approximate surface area is 152 Å². The molecule has 1 aromatic heterocycles. The normalized spacial score (nSPS) is 27.7. The van der Waals surface area contributed by atoms with E-state index in [-0.39, 0.29) is 17.4 Å². The van der Waals surface area contributed by atoms with Crippen LogP contribution in [0.3, 0.4) is 0 Å². The largest absolute Gasteiger partial charge is 0.444 e. The Morgan fingerprint density at radius 2 is 2.04 bits per heavy atom. The average Bonchev–Trinajstić information content (AvgIpc) is 3.02. The summed E-state index contributed by atoms with van der Waals surface area (Å²) in [5.41, 5.74) is 0.211. The van der Waals surface area contributed by atoms with Gasteiger partial charge in [-0.1, -0.05) is 24.6 Å². The van der Waals surface area contributed by atoms with Gasteiger partial charge in [-0.2, -0.15) is 0 Å². The Balaban J connectivity index is 1.78. The molecule has 2 amide bonds. The molecule has 1 aromatic rings.